The van der Waals surface area contributed by atoms with Crippen LogP contribution in [0.15, 0.2) is 24.4 Å². The number of anilines is 1. The highest BCUT2D eigenvalue weighted by atomic mass is 16.5. The van der Waals surface area contributed by atoms with Gasteiger partial charge in [-0.15, -0.1) is 0 Å². The Hall–Kier alpha value is -2.01. The zero-order chi connectivity index (χ0) is 14.7. The van der Waals surface area contributed by atoms with Crippen LogP contribution in [0.5, 0.6) is 11.5 Å². The zero-order valence-corrected chi connectivity index (χ0v) is 12.5. The molecule has 0 bridgehead atoms. The van der Waals surface area contributed by atoms with Gasteiger partial charge in [0.1, 0.15) is 5.82 Å². The SMILES string of the molecule is COc1cc2ccnc(NC3CCNCC3)c2cc1OC. The summed E-state index contributed by atoms with van der Waals surface area (Å²) in [6.45, 7) is 2.11. The largest absolute Gasteiger partial charge is 0.493 e. The van der Waals surface area contributed by atoms with E-state index in [1.807, 2.05) is 24.4 Å². The van der Waals surface area contributed by atoms with Crippen LogP contribution in [-0.2, 0) is 0 Å². The third-order valence-electron chi connectivity index (χ3n) is 3.95. The number of benzene rings is 1. The van der Waals surface area contributed by atoms with Gasteiger partial charge in [-0.1, -0.05) is 0 Å². The molecule has 2 N–H and O–H groups in total. The van der Waals surface area contributed by atoms with E-state index in [2.05, 4.69) is 15.6 Å². The molecule has 0 unspecified atom stereocenters. The molecule has 21 heavy (non-hydrogen) atoms. The van der Waals surface area contributed by atoms with Crippen LogP contribution >= 0.6 is 0 Å². The maximum absolute atomic E-state index is 5.40. The van der Waals surface area contributed by atoms with Crippen molar-refractivity contribution in [2.45, 2.75) is 18.9 Å². The van der Waals surface area contributed by atoms with E-state index in [4.69, 9.17) is 9.47 Å². The Bertz CT molecular complexity index is 624. The summed E-state index contributed by atoms with van der Waals surface area (Å²) in [5, 5.41) is 9.10. The number of fused-ring (bicyclic) bond motifs is 1. The minimum Gasteiger partial charge on any atom is -0.493 e. The Morgan fingerprint density at radius 1 is 1.14 bits per heavy atom. The Kier molecular flexibility index (Phi) is 4.10. The molecular weight excluding hydrogens is 266 g/mol. The molecule has 112 valence electrons. The lowest BCUT2D eigenvalue weighted by Crippen LogP contribution is -2.35. The summed E-state index contributed by atoms with van der Waals surface area (Å²) in [7, 11) is 3.30. The normalized spacial score (nSPS) is 15.9. The molecule has 0 spiro atoms. The van der Waals surface area contributed by atoms with Crippen molar-refractivity contribution in [1.82, 2.24) is 10.3 Å². The van der Waals surface area contributed by atoms with Crippen LogP contribution in [0.1, 0.15) is 12.8 Å². The van der Waals surface area contributed by atoms with Crippen molar-refractivity contribution in [3.05, 3.63) is 24.4 Å². The summed E-state index contributed by atoms with van der Waals surface area (Å²) in [6, 6.07) is 6.44. The number of nitrogens with zero attached hydrogens (tertiary/aromatic N) is 1. The molecule has 0 amide bonds. The van der Waals surface area contributed by atoms with E-state index in [0.717, 1.165) is 54.0 Å². The van der Waals surface area contributed by atoms with Crippen LogP contribution in [0, 0.1) is 0 Å². The van der Waals surface area contributed by atoms with Gasteiger partial charge in [-0.3, -0.25) is 0 Å². The second-order valence-corrected chi connectivity index (χ2v) is 5.26. The zero-order valence-electron chi connectivity index (χ0n) is 12.5. The number of piperidine rings is 1. The molecule has 1 fully saturated rings. The predicted octanol–water partition coefficient (Wildman–Crippen LogP) is 2.42. The Morgan fingerprint density at radius 2 is 1.86 bits per heavy atom. The summed E-state index contributed by atoms with van der Waals surface area (Å²) in [5.41, 5.74) is 0. The van der Waals surface area contributed by atoms with Gasteiger partial charge in [-0.05, 0) is 49.5 Å². The van der Waals surface area contributed by atoms with Crippen LogP contribution in [-0.4, -0.2) is 38.3 Å². The van der Waals surface area contributed by atoms with Crippen molar-refractivity contribution in [2.75, 3.05) is 32.6 Å². The van der Waals surface area contributed by atoms with Gasteiger partial charge in [0, 0.05) is 17.6 Å². The number of methoxy groups -OCH3 is 2. The second-order valence-electron chi connectivity index (χ2n) is 5.26. The lowest BCUT2D eigenvalue weighted by atomic mass is 10.1. The van der Waals surface area contributed by atoms with E-state index in [-0.39, 0.29) is 0 Å². The Morgan fingerprint density at radius 3 is 2.57 bits per heavy atom. The first-order chi connectivity index (χ1) is 10.3. The highest BCUT2D eigenvalue weighted by molar-refractivity contribution is 5.94. The number of pyridine rings is 1. The van der Waals surface area contributed by atoms with Gasteiger partial charge in [0.05, 0.1) is 14.2 Å². The molecule has 1 saturated heterocycles. The van der Waals surface area contributed by atoms with Crippen molar-refractivity contribution >= 4 is 16.6 Å². The molecule has 3 rings (SSSR count). The van der Waals surface area contributed by atoms with Crippen molar-refractivity contribution in [3.8, 4) is 11.5 Å². The van der Waals surface area contributed by atoms with Gasteiger partial charge in [0.2, 0.25) is 0 Å². The van der Waals surface area contributed by atoms with Gasteiger partial charge in [0.15, 0.2) is 11.5 Å². The van der Waals surface area contributed by atoms with Crippen molar-refractivity contribution in [2.24, 2.45) is 0 Å². The summed E-state index contributed by atoms with van der Waals surface area (Å²) >= 11 is 0. The summed E-state index contributed by atoms with van der Waals surface area (Å²) in [5.74, 6) is 2.38. The average Bonchev–Trinajstić information content (AvgIpc) is 2.55. The molecule has 1 aliphatic heterocycles. The molecule has 2 aromatic rings. The summed E-state index contributed by atoms with van der Waals surface area (Å²) in [4.78, 5) is 4.50. The van der Waals surface area contributed by atoms with Gasteiger partial charge >= 0.3 is 0 Å². The number of ether oxygens (including phenoxy) is 2. The van der Waals surface area contributed by atoms with Crippen LogP contribution in [0.4, 0.5) is 5.82 Å². The highest BCUT2D eigenvalue weighted by Crippen LogP contribution is 2.34. The molecular formula is C16H21N3O2. The van der Waals surface area contributed by atoms with E-state index in [1.54, 1.807) is 14.2 Å². The molecule has 1 aromatic heterocycles. The van der Waals surface area contributed by atoms with E-state index < -0.39 is 0 Å². The van der Waals surface area contributed by atoms with Crippen LogP contribution in [0.2, 0.25) is 0 Å². The highest BCUT2D eigenvalue weighted by Gasteiger charge is 2.15. The molecule has 1 aliphatic rings. The van der Waals surface area contributed by atoms with E-state index in [0.29, 0.717) is 6.04 Å². The van der Waals surface area contributed by atoms with E-state index in [9.17, 15) is 0 Å². The molecule has 0 radical (unpaired) electrons. The molecule has 0 aliphatic carbocycles. The number of hydrogen-bond donors (Lipinski definition) is 2. The summed E-state index contributed by atoms with van der Waals surface area (Å²) < 4.78 is 10.8. The van der Waals surface area contributed by atoms with Crippen LogP contribution < -0.4 is 20.1 Å². The topological polar surface area (TPSA) is 55.4 Å². The van der Waals surface area contributed by atoms with Crippen LogP contribution in [0.25, 0.3) is 10.8 Å². The van der Waals surface area contributed by atoms with Gasteiger partial charge in [-0.2, -0.15) is 0 Å². The molecule has 5 nitrogen and oxygen atoms in total. The fraction of sp³-hybridized carbons (Fsp3) is 0.438. The standard InChI is InChI=1S/C16H21N3O2/c1-20-14-9-11-3-8-18-16(13(11)10-15(14)21-2)19-12-4-6-17-7-5-12/h3,8-10,12,17H,4-7H2,1-2H3,(H,18,19). The molecule has 2 heterocycles. The minimum absolute atomic E-state index is 0.470. The first-order valence-corrected chi connectivity index (χ1v) is 7.30. The molecule has 5 heteroatoms. The van der Waals surface area contributed by atoms with Gasteiger partial charge < -0.3 is 20.1 Å². The first kappa shape index (κ1) is 13.9. The summed E-state index contributed by atoms with van der Waals surface area (Å²) in [6.07, 6.45) is 4.06. The Balaban J connectivity index is 1.97. The smallest absolute Gasteiger partial charge is 0.161 e. The molecule has 1 aromatic carbocycles. The fourth-order valence-corrected chi connectivity index (χ4v) is 2.77. The van der Waals surface area contributed by atoms with E-state index >= 15 is 0 Å². The molecule has 0 saturated carbocycles. The number of hydrogen-bond acceptors (Lipinski definition) is 5. The maximum Gasteiger partial charge on any atom is 0.161 e. The minimum atomic E-state index is 0.470. The number of aromatic nitrogens is 1. The maximum atomic E-state index is 5.40. The lowest BCUT2D eigenvalue weighted by molar-refractivity contribution is 0.356. The van der Waals surface area contributed by atoms with Crippen molar-refractivity contribution in [3.63, 3.8) is 0 Å². The fourth-order valence-electron chi connectivity index (χ4n) is 2.77. The lowest BCUT2D eigenvalue weighted by Gasteiger charge is -2.24. The quantitative estimate of drug-likeness (QED) is 0.904. The van der Waals surface area contributed by atoms with Crippen molar-refractivity contribution in [1.29, 1.82) is 0 Å². The number of rotatable bonds is 4. The van der Waals surface area contributed by atoms with Crippen LogP contribution in [0.3, 0.4) is 0 Å². The van der Waals surface area contributed by atoms with Gasteiger partial charge in [0.25, 0.3) is 0 Å². The van der Waals surface area contributed by atoms with E-state index in [1.165, 1.54) is 0 Å². The first-order valence-electron chi connectivity index (χ1n) is 7.30. The Labute approximate surface area is 124 Å². The van der Waals surface area contributed by atoms with Crippen molar-refractivity contribution < 1.29 is 9.47 Å². The third kappa shape index (κ3) is 2.88. The average molecular weight is 287 g/mol. The second kappa shape index (κ2) is 6.18. The predicted molar refractivity (Wildman–Crippen MR) is 84.4 cm³/mol. The number of nitrogens with one attached hydrogen (secondary N) is 2. The monoisotopic (exact) mass is 287 g/mol. The third-order valence-corrected chi connectivity index (χ3v) is 3.95. The van der Waals surface area contributed by atoms with Gasteiger partial charge in [-0.25, -0.2) is 4.98 Å². The molecule has 0 atom stereocenters.